The van der Waals surface area contributed by atoms with Gasteiger partial charge in [-0.2, -0.15) is 0 Å². The van der Waals surface area contributed by atoms with Crippen LogP contribution in [0.25, 0.3) is 0 Å². The Balaban J connectivity index is 0.947. The fourth-order valence-electron chi connectivity index (χ4n) is 12.3. The number of hydrogen-bond acceptors (Lipinski definition) is 17. The van der Waals surface area contributed by atoms with Gasteiger partial charge in [0.25, 0.3) is 0 Å². The molecule has 9 N–H and O–H groups in total. The van der Waals surface area contributed by atoms with Crippen molar-refractivity contribution in [2.24, 2.45) is 46.3 Å². The molecular weight excluding hydrogens is 812 g/mol. The number of carbonyl (C=O) groups is 2. The molecule has 3 aliphatic heterocycles. The second-order valence-electron chi connectivity index (χ2n) is 20.3. The molecule has 0 radical (unpaired) electrons. The molecule has 4 aliphatic carbocycles. The normalized spacial score (nSPS) is 50.0. The van der Waals surface area contributed by atoms with Crippen molar-refractivity contribution >= 4 is 11.6 Å². The zero-order valence-corrected chi connectivity index (χ0v) is 36.7. The van der Waals surface area contributed by atoms with Crippen molar-refractivity contribution in [3.05, 3.63) is 11.6 Å². The highest BCUT2D eigenvalue weighted by molar-refractivity contribution is 5.90. The number of ketones is 2. The Kier molecular flexibility index (Phi) is 15.1. The van der Waals surface area contributed by atoms with Crippen molar-refractivity contribution in [2.75, 3.05) is 19.8 Å². The summed E-state index contributed by atoms with van der Waals surface area (Å²) in [5.41, 5.74) is 0.817. The number of hydrogen-bond donors (Lipinski definition) is 9. The molecule has 0 aromatic rings. The molecule has 0 amide bonds. The zero-order valence-electron chi connectivity index (χ0n) is 36.7. The van der Waals surface area contributed by atoms with E-state index in [-0.39, 0.29) is 71.8 Å². The lowest BCUT2D eigenvalue weighted by molar-refractivity contribution is -0.369. The number of Topliss-reactive ketones (excluding diaryl/α,β-unsaturated/α-hetero) is 2. The van der Waals surface area contributed by atoms with Crippen LogP contribution in [0.3, 0.4) is 0 Å². The Hall–Kier alpha value is -1.52. The van der Waals surface area contributed by atoms with Crippen LogP contribution >= 0.6 is 0 Å². The topological polar surface area (TPSA) is 272 Å². The van der Waals surface area contributed by atoms with Gasteiger partial charge in [0.2, 0.25) is 0 Å². The van der Waals surface area contributed by atoms with E-state index >= 15 is 0 Å². The second kappa shape index (κ2) is 19.4. The predicted octanol–water partition coefficient (Wildman–Crippen LogP) is 0.249. The summed E-state index contributed by atoms with van der Waals surface area (Å²) < 4.78 is 35.5. The van der Waals surface area contributed by atoms with Gasteiger partial charge in [0.05, 0.1) is 44.2 Å². The van der Waals surface area contributed by atoms with Crippen LogP contribution in [0.15, 0.2) is 11.6 Å². The smallest absolute Gasteiger partial charge is 0.187 e. The molecule has 7 rings (SSSR count). The molecule has 62 heavy (non-hydrogen) atoms. The number of fused-ring (bicyclic) bond motifs is 5. The molecule has 7 aliphatic rings. The van der Waals surface area contributed by atoms with Crippen LogP contribution in [-0.4, -0.2) is 169 Å². The number of allylic oxidation sites excluding steroid dienone is 1. The fraction of sp³-hybridized carbons (Fsp3) is 0.911. The molecule has 7 unspecified atom stereocenters. The van der Waals surface area contributed by atoms with E-state index in [1.54, 1.807) is 6.92 Å². The van der Waals surface area contributed by atoms with Gasteiger partial charge in [-0.15, -0.1) is 0 Å². The number of aliphatic hydroxyl groups is 9. The highest BCUT2D eigenvalue weighted by atomic mass is 16.8. The summed E-state index contributed by atoms with van der Waals surface area (Å²) in [4.78, 5) is 27.3. The van der Waals surface area contributed by atoms with Gasteiger partial charge in [0, 0.05) is 31.1 Å². The quantitative estimate of drug-likeness (QED) is 0.106. The van der Waals surface area contributed by atoms with Crippen molar-refractivity contribution in [1.29, 1.82) is 0 Å². The van der Waals surface area contributed by atoms with E-state index in [0.717, 1.165) is 25.7 Å². The predicted molar refractivity (Wildman–Crippen MR) is 216 cm³/mol. The van der Waals surface area contributed by atoms with Gasteiger partial charge in [0.1, 0.15) is 60.4 Å². The van der Waals surface area contributed by atoms with E-state index in [9.17, 15) is 55.5 Å². The van der Waals surface area contributed by atoms with Gasteiger partial charge in [-0.05, 0) is 86.4 Å². The zero-order chi connectivity index (χ0) is 45.0. The van der Waals surface area contributed by atoms with Crippen LogP contribution in [0.1, 0.15) is 98.8 Å². The van der Waals surface area contributed by atoms with Crippen molar-refractivity contribution in [3.63, 3.8) is 0 Å². The van der Waals surface area contributed by atoms with Gasteiger partial charge in [-0.1, -0.05) is 39.3 Å². The minimum absolute atomic E-state index is 0.0455. The Bertz CT molecular complexity index is 1590. The molecule has 0 spiro atoms. The molecule has 23 atom stereocenters. The Labute approximate surface area is 363 Å². The molecule has 3 saturated heterocycles. The monoisotopic (exact) mass is 884 g/mol. The summed E-state index contributed by atoms with van der Waals surface area (Å²) in [6, 6.07) is 0. The first-order valence-corrected chi connectivity index (χ1v) is 22.9. The first kappa shape index (κ1) is 48.4. The third kappa shape index (κ3) is 9.13. The van der Waals surface area contributed by atoms with Gasteiger partial charge in [0.15, 0.2) is 18.9 Å². The first-order valence-electron chi connectivity index (χ1n) is 22.9. The Morgan fingerprint density at radius 2 is 1.48 bits per heavy atom. The number of rotatable bonds is 14. The summed E-state index contributed by atoms with van der Waals surface area (Å²) in [5.74, 6) is 0.141. The molecule has 0 aromatic carbocycles. The van der Waals surface area contributed by atoms with Crippen LogP contribution in [-0.2, 0) is 38.0 Å². The summed E-state index contributed by atoms with van der Waals surface area (Å²) in [7, 11) is 0. The Morgan fingerprint density at radius 3 is 2.19 bits per heavy atom. The van der Waals surface area contributed by atoms with E-state index in [1.165, 1.54) is 12.5 Å². The molecular formula is C45H72O17. The van der Waals surface area contributed by atoms with Crippen LogP contribution in [0.4, 0.5) is 0 Å². The third-order valence-corrected chi connectivity index (χ3v) is 16.5. The van der Waals surface area contributed by atoms with Crippen molar-refractivity contribution in [1.82, 2.24) is 0 Å². The summed E-state index contributed by atoms with van der Waals surface area (Å²) in [6.45, 7) is 8.94. The van der Waals surface area contributed by atoms with E-state index in [1.807, 2.05) is 6.92 Å². The highest BCUT2D eigenvalue weighted by Crippen LogP contribution is 2.66. The molecule has 3 saturated carbocycles. The molecule has 17 heteroatoms. The third-order valence-electron chi connectivity index (χ3n) is 16.5. The first-order chi connectivity index (χ1) is 29.3. The van der Waals surface area contributed by atoms with Crippen LogP contribution < -0.4 is 0 Å². The Morgan fingerprint density at radius 1 is 0.790 bits per heavy atom. The average Bonchev–Trinajstić information content (AvgIpc) is 3.50. The largest absolute Gasteiger partial charge is 0.394 e. The van der Waals surface area contributed by atoms with Gasteiger partial charge >= 0.3 is 0 Å². The number of carbonyl (C=O) groups excluding carboxylic acids is 2. The van der Waals surface area contributed by atoms with E-state index in [2.05, 4.69) is 19.9 Å². The summed E-state index contributed by atoms with van der Waals surface area (Å²) in [6.07, 6.45) is -10.0. The van der Waals surface area contributed by atoms with Crippen molar-refractivity contribution in [3.8, 4) is 0 Å². The van der Waals surface area contributed by atoms with Crippen molar-refractivity contribution < 1.29 is 84.0 Å². The lowest BCUT2D eigenvalue weighted by Crippen LogP contribution is -2.64. The van der Waals surface area contributed by atoms with Gasteiger partial charge in [-0.3, -0.25) is 9.59 Å². The minimum atomic E-state index is -1.66. The maximum atomic E-state index is 13.8. The maximum absolute atomic E-state index is 13.8. The van der Waals surface area contributed by atoms with Crippen LogP contribution in [0, 0.1) is 46.3 Å². The van der Waals surface area contributed by atoms with Crippen LogP contribution in [0.5, 0.6) is 0 Å². The van der Waals surface area contributed by atoms with Gasteiger partial charge in [-0.25, -0.2) is 0 Å². The van der Waals surface area contributed by atoms with Crippen molar-refractivity contribution in [2.45, 2.75) is 191 Å². The average molecular weight is 885 g/mol. The molecule has 354 valence electrons. The molecule has 3 heterocycles. The number of ether oxygens (including phenoxy) is 6. The lowest BCUT2D eigenvalue weighted by Gasteiger charge is -2.58. The fourth-order valence-corrected chi connectivity index (χ4v) is 12.3. The van der Waals surface area contributed by atoms with E-state index in [0.29, 0.717) is 38.0 Å². The highest BCUT2D eigenvalue weighted by Gasteiger charge is 2.61. The van der Waals surface area contributed by atoms with E-state index in [4.69, 9.17) is 28.4 Å². The lowest BCUT2D eigenvalue weighted by atomic mass is 9.47. The second-order valence-corrected chi connectivity index (χ2v) is 20.3. The molecule has 6 fully saturated rings. The summed E-state index contributed by atoms with van der Waals surface area (Å²) in [5, 5.41) is 93.4. The molecule has 17 nitrogen and oxygen atoms in total. The minimum Gasteiger partial charge on any atom is -0.394 e. The molecule has 0 aromatic heterocycles. The molecule has 0 bridgehead atoms. The van der Waals surface area contributed by atoms with Crippen LogP contribution in [0.2, 0.25) is 0 Å². The standard InChI is InChI=1S/C45H72O17/c1-20(19-57-41-38(55)33(50)21(2)31(17-46)60-41)6-8-24(48)15-29-30(49)16-28-26-9-7-23-14-25(10-12-44(23,4)27(26)11-13-45(28,29)5)59-43-40(37(54)35(52)32(18-47)61-43)62-42-39(56)36(53)34(51)22(3)58-42/h7,20-22,25-29,31-43,46-47,50-56H,6,8-19H2,1-5H3/t20-,21-,22?,25+,26-,27+,28+,29?,31?,32?,33?,34+,35-,36?,37?,38+,39+,40+,41-,42+,43-,44+,45+/m1/s1. The maximum Gasteiger partial charge on any atom is 0.187 e. The van der Waals surface area contributed by atoms with Gasteiger partial charge < -0.3 is 74.4 Å². The number of aliphatic hydroxyl groups excluding tert-OH is 9. The summed E-state index contributed by atoms with van der Waals surface area (Å²) >= 11 is 0. The SMILES string of the molecule is CC1O[C@@H](O[C@H]2C(O)[C@H](O)C(CO)O[C@H]2O[C@H]2CC[C@@]3(C)C(=CC[C@@H]4[C@@H]3CC[C@]3(C)C(CC(=O)CC[C@@H](C)CO[C@@H]5OC(CO)[C@@H](C)C(O)[C@@H]5O)C(=O)C[C@@H]43)C2)[C@@H](O)C(O)[C@H]1O. The van der Waals surface area contributed by atoms with E-state index < -0.39 is 98.5 Å².